The molecular formula is C26H28Cl2N2O3. The van der Waals surface area contributed by atoms with Gasteiger partial charge in [-0.05, 0) is 51.6 Å². The number of benzene rings is 2. The highest BCUT2D eigenvalue weighted by Gasteiger charge is 2.22. The number of carbonyl (C=O) groups excluding carboxylic acids is 1. The van der Waals surface area contributed by atoms with E-state index in [1.54, 1.807) is 18.4 Å². The SMILES string of the molecule is CCOc1c(/C(C)=C/C(=O)N2CCN(C)CC2)cc2c(-c3ccc(Cl)cc3Cl)coc2c1C. The summed E-state index contributed by atoms with van der Waals surface area (Å²) in [5.41, 5.74) is 5.06. The van der Waals surface area contributed by atoms with Crippen molar-refractivity contribution in [2.24, 2.45) is 0 Å². The van der Waals surface area contributed by atoms with Crippen molar-refractivity contribution in [3.63, 3.8) is 0 Å². The summed E-state index contributed by atoms with van der Waals surface area (Å²) in [5, 5.41) is 2.04. The van der Waals surface area contributed by atoms with Crippen molar-refractivity contribution >= 4 is 45.7 Å². The van der Waals surface area contributed by atoms with Crippen LogP contribution in [0.4, 0.5) is 0 Å². The fourth-order valence-electron chi connectivity index (χ4n) is 4.24. The zero-order valence-electron chi connectivity index (χ0n) is 19.4. The molecule has 2 aromatic carbocycles. The number of carbonyl (C=O) groups is 1. The third-order valence-electron chi connectivity index (χ3n) is 6.13. The minimum atomic E-state index is 0.0222. The summed E-state index contributed by atoms with van der Waals surface area (Å²) in [6.45, 7) is 9.61. The van der Waals surface area contributed by atoms with Gasteiger partial charge in [0.1, 0.15) is 11.3 Å². The third kappa shape index (κ3) is 4.77. The molecule has 1 fully saturated rings. The average molecular weight is 487 g/mol. The van der Waals surface area contributed by atoms with Gasteiger partial charge in [-0.15, -0.1) is 0 Å². The van der Waals surface area contributed by atoms with Crippen LogP contribution in [0.15, 0.2) is 41.0 Å². The maximum atomic E-state index is 13.0. The summed E-state index contributed by atoms with van der Waals surface area (Å²) in [6.07, 6.45) is 3.42. The number of hydrogen-bond acceptors (Lipinski definition) is 4. The first-order valence-electron chi connectivity index (χ1n) is 11.1. The van der Waals surface area contributed by atoms with Crippen molar-refractivity contribution in [2.45, 2.75) is 20.8 Å². The number of fused-ring (bicyclic) bond motifs is 1. The summed E-state index contributed by atoms with van der Waals surface area (Å²) in [4.78, 5) is 17.1. The number of ether oxygens (including phenoxy) is 1. The van der Waals surface area contributed by atoms with E-state index in [1.165, 1.54) is 0 Å². The molecule has 0 spiro atoms. The fourth-order valence-corrected chi connectivity index (χ4v) is 4.75. The van der Waals surface area contributed by atoms with Crippen molar-refractivity contribution in [2.75, 3.05) is 39.8 Å². The molecule has 1 saturated heterocycles. The Balaban J connectivity index is 1.80. The van der Waals surface area contributed by atoms with Crippen molar-refractivity contribution < 1.29 is 13.9 Å². The summed E-state index contributed by atoms with van der Waals surface area (Å²) in [5.74, 6) is 0.752. The first-order chi connectivity index (χ1) is 15.8. The molecule has 0 atom stereocenters. The predicted molar refractivity (Wildman–Crippen MR) is 135 cm³/mol. The van der Waals surface area contributed by atoms with Crippen LogP contribution in [0.25, 0.3) is 27.7 Å². The molecule has 1 amide bonds. The van der Waals surface area contributed by atoms with E-state index in [2.05, 4.69) is 11.9 Å². The number of aryl methyl sites for hydroxylation is 1. The van der Waals surface area contributed by atoms with Crippen LogP contribution in [0.5, 0.6) is 5.75 Å². The Labute approximate surface area is 204 Å². The minimum Gasteiger partial charge on any atom is -0.493 e. The van der Waals surface area contributed by atoms with Crippen LogP contribution in [0.3, 0.4) is 0 Å². The number of rotatable bonds is 5. The van der Waals surface area contributed by atoms with E-state index in [4.69, 9.17) is 32.4 Å². The van der Waals surface area contributed by atoms with E-state index in [9.17, 15) is 4.79 Å². The maximum absolute atomic E-state index is 13.0. The largest absolute Gasteiger partial charge is 0.493 e. The third-order valence-corrected chi connectivity index (χ3v) is 6.68. The number of hydrogen-bond donors (Lipinski definition) is 0. The van der Waals surface area contributed by atoms with Gasteiger partial charge < -0.3 is 19.0 Å². The minimum absolute atomic E-state index is 0.0222. The Morgan fingerprint density at radius 3 is 2.55 bits per heavy atom. The molecule has 0 saturated carbocycles. The van der Waals surface area contributed by atoms with Crippen LogP contribution in [-0.2, 0) is 4.79 Å². The fraction of sp³-hybridized carbons (Fsp3) is 0.346. The van der Waals surface area contributed by atoms with Gasteiger partial charge in [0, 0.05) is 64.9 Å². The Morgan fingerprint density at radius 2 is 1.88 bits per heavy atom. The van der Waals surface area contributed by atoms with Gasteiger partial charge in [0.05, 0.1) is 17.9 Å². The summed E-state index contributed by atoms with van der Waals surface area (Å²) < 4.78 is 12.0. The van der Waals surface area contributed by atoms with Crippen LogP contribution in [0.2, 0.25) is 10.0 Å². The van der Waals surface area contributed by atoms with E-state index in [1.807, 2.05) is 43.9 Å². The molecular weight excluding hydrogens is 459 g/mol. The number of furan rings is 1. The van der Waals surface area contributed by atoms with Gasteiger partial charge in [0.25, 0.3) is 0 Å². The highest BCUT2D eigenvalue weighted by atomic mass is 35.5. The molecule has 7 heteroatoms. The summed E-state index contributed by atoms with van der Waals surface area (Å²) in [7, 11) is 2.07. The smallest absolute Gasteiger partial charge is 0.246 e. The number of likely N-dealkylation sites (N-methyl/N-ethyl adjacent to an activating group) is 1. The lowest BCUT2D eigenvalue weighted by Gasteiger charge is -2.31. The van der Waals surface area contributed by atoms with E-state index < -0.39 is 0 Å². The molecule has 0 N–H and O–H groups in total. The molecule has 3 aromatic rings. The van der Waals surface area contributed by atoms with E-state index >= 15 is 0 Å². The number of allylic oxidation sites excluding steroid dienone is 1. The van der Waals surface area contributed by atoms with E-state index in [-0.39, 0.29) is 5.91 Å². The Kier molecular flexibility index (Phi) is 7.03. The molecule has 33 heavy (non-hydrogen) atoms. The second-order valence-electron chi connectivity index (χ2n) is 8.42. The molecule has 0 unspecified atom stereocenters. The zero-order chi connectivity index (χ0) is 23.7. The van der Waals surface area contributed by atoms with E-state index in [0.717, 1.165) is 70.7 Å². The lowest BCUT2D eigenvalue weighted by molar-refractivity contribution is -0.127. The quantitative estimate of drug-likeness (QED) is 0.397. The maximum Gasteiger partial charge on any atom is 0.246 e. The molecule has 1 aromatic heterocycles. The van der Waals surface area contributed by atoms with Crippen molar-refractivity contribution in [3.8, 4) is 16.9 Å². The van der Waals surface area contributed by atoms with Gasteiger partial charge in [-0.25, -0.2) is 0 Å². The molecule has 0 radical (unpaired) electrons. The first kappa shape index (κ1) is 23.7. The van der Waals surface area contributed by atoms with Crippen molar-refractivity contribution in [1.82, 2.24) is 9.80 Å². The van der Waals surface area contributed by atoms with Gasteiger partial charge in [-0.3, -0.25) is 4.79 Å². The molecule has 174 valence electrons. The van der Waals surface area contributed by atoms with Crippen LogP contribution in [0, 0.1) is 6.92 Å². The monoisotopic (exact) mass is 486 g/mol. The van der Waals surface area contributed by atoms with Crippen molar-refractivity contribution in [3.05, 3.63) is 57.8 Å². The summed E-state index contributed by atoms with van der Waals surface area (Å²) >= 11 is 12.6. The molecule has 0 bridgehead atoms. The topological polar surface area (TPSA) is 45.9 Å². The Bertz CT molecular complexity index is 1220. The molecule has 1 aliphatic rings. The first-order valence-corrected chi connectivity index (χ1v) is 11.8. The highest BCUT2D eigenvalue weighted by Crippen LogP contribution is 2.42. The van der Waals surface area contributed by atoms with Crippen LogP contribution in [-0.4, -0.2) is 55.5 Å². The van der Waals surface area contributed by atoms with Crippen LogP contribution < -0.4 is 4.74 Å². The number of nitrogens with zero attached hydrogens (tertiary/aromatic N) is 2. The second kappa shape index (κ2) is 9.80. The van der Waals surface area contributed by atoms with Gasteiger partial charge in [0.2, 0.25) is 5.91 Å². The second-order valence-corrected chi connectivity index (χ2v) is 9.26. The standard InChI is InChI=1S/C26H28Cl2N2O3/c1-5-32-25-17(3)26-21(22(15-33-26)19-7-6-18(27)13-23(19)28)14-20(25)16(2)12-24(31)30-10-8-29(4)9-11-30/h6-7,12-15H,5,8-11H2,1-4H3/b16-12+. The highest BCUT2D eigenvalue weighted by molar-refractivity contribution is 6.36. The van der Waals surface area contributed by atoms with Crippen molar-refractivity contribution in [1.29, 1.82) is 0 Å². The molecule has 5 nitrogen and oxygen atoms in total. The van der Waals surface area contributed by atoms with Gasteiger partial charge >= 0.3 is 0 Å². The molecule has 1 aliphatic heterocycles. The van der Waals surface area contributed by atoms with Crippen LogP contribution in [0.1, 0.15) is 25.0 Å². The number of halogens is 2. The molecule has 4 rings (SSSR count). The summed E-state index contributed by atoms with van der Waals surface area (Å²) in [6, 6.07) is 7.45. The number of amides is 1. The lowest BCUT2D eigenvalue weighted by atomic mass is 9.96. The molecule has 0 aliphatic carbocycles. The average Bonchev–Trinajstić information content (AvgIpc) is 3.20. The Hall–Kier alpha value is -2.47. The normalized spacial score (nSPS) is 15.3. The zero-order valence-corrected chi connectivity index (χ0v) is 20.9. The predicted octanol–water partition coefficient (Wildman–Crippen LogP) is 6.29. The van der Waals surface area contributed by atoms with Gasteiger partial charge in [-0.1, -0.05) is 29.3 Å². The number of piperazine rings is 1. The molecule has 2 heterocycles. The van der Waals surface area contributed by atoms with Crippen LogP contribution >= 0.6 is 23.2 Å². The Morgan fingerprint density at radius 1 is 1.15 bits per heavy atom. The lowest BCUT2D eigenvalue weighted by Crippen LogP contribution is -2.46. The van der Waals surface area contributed by atoms with Gasteiger partial charge in [0.15, 0.2) is 0 Å². The van der Waals surface area contributed by atoms with E-state index in [0.29, 0.717) is 16.7 Å². The van der Waals surface area contributed by atoms with Gasteiger partial charge in [-0.2, -0.15) is 0 Å².